The molecule has 7 heteroatoms. The first-order valence-corrected chi connectivity index (χ1v) is 7.23. The molecule has 0 heterocycles. The molecular weight excluding hydrogens is 288 g/mol. The van der Waals surface area contributed by atoms with E-state index < -0.39 is 22.7 Å². The van der Waals surface area contributed by atoms with E-state index in [1.165, 1.54) is 24.3 Å². The van der Waals surface area contributed by atoms with Gasteiger partial charge in [0, 0.05) is 35.6 Å². The first-order chi connectivity index (χ1) is 10.5. The van der Waals surface area contributed by atoms with Gasteiger partial charge in [0.1, 0.15) is 0 Å². The van der Waals surface area contributed by atoms with Crippen LogP contribution in [-0.4, -0.2) is 16.8 Å². The third-order valence-corrected chi connectivity index (χ3v) is 4.84. The topological polar surface area (TPSA) is 112 Å². The van der Waals surface area contributed by atoms with E-state index in [2.05, 4.69) is 5.32 Å². The Kier molecular flexibility index (Phi) is 3.56. The Hall–Kier alpha value is -2.44. The molecule has 2 aliphatic carbocycles. The van der Waals surface area contributed by atoms with Gasteiger partial charge in [0.2, 0.25) is 5.91 Å². The fourth-order valence-electron chi connectivity index (χ4n) is 3.90. The standard InChI is InChI=1S/C15H16N2O5/c18-14(16-10-3-5-11(6-4-10)17(21)22)12-8-1-2-9(7-8)13(12)15(19)20/h3-6,8-9,12-13H,1-2,7H2,(H,16,18)(H,19,20)/p-1/t8-,9-,12+,13-/m0/s1. The molecule has 116 valence electrons. The molecule has 0 aliphatic heterocycles. The van der Waals surface area contributed by atoms with Gasteiger partial charge >= 0.3 is 0 Å². The van der Waals surface area contributed by atoms with Crippen molar-refractivity contribution in [2.75, 3.05) is 5.32 Å². The molecular formula is C15H15N2O5-. The molecule has 1 amide bonds. The second kappa shape index (κ2) is 5.40. The molecule has 0 radical (unpaired) electrons. The molecule has 7 nitrogen and oxygen atoms in total. The number of aliphatic carboxylic acids is 1. The van der Waals surface area contributed by atoms with Crippen molar-refractivity contribution in [2.45, 2.75) is 19.3 Å². The summed E-state index contributed by atoms with van der Waals surface area (Å²) in [4.78, 5) is 33.8. The Morgan fingerprint density at radius 2 is 1.68 bits per heavy atom. The zero-order valence-electron chi connectivity index (χ0n) is 11.7. The maximum Gasteiger partial charge on any atom is 0.269 e. The van der Waals surface area contributed by atoms with E-state index in [0.717, 1.165) is 19.3 Å². The number of carboxylic acid groups (broad SMARTS) is 1. The Morgan fingerprint density at radius 3 is 2.23 bits per heavy atom. The van der Waals surface area contributed by atoms with Gasteiger partial charge in [-0.25, -0.2) is 0 Å². The number of amides is 1. The lowest BCUT2D eigenvalue weighted by Crippen LogP contribution is -2.43. The van der Waals surface area contributed by atoms with Crippen LogP contribution in [0.15, 0.2) is 24.3 Å². The number of nitro groups is 1. The van der Waals surface area contributed by atoms with Crippen molar-refractivity contribution in [2.24, 2.45) is 23.7 Å². The summed E-state index contributed by atoms with van der Waals surface area (Å²) in [7, 11) is 0. The molecule has 1 aromatic carbocycles. The van der Waals surface area contributed by atoms with Gasteiger partial charge in [-0.3, -0.25) is 14.9 Å². The van der Waals surface area contributed by atoms with Crippen LogP contribution in [0.25, 0.3) is 0 Å². The smallest absolute Gasteiger partial charge is 0.269 e. The minimum atomic E-state index is -1.16. The van der Waals surface area contributed by atoms with E-state index in [9.17, 15) is 24.8 Å². The molecule has 0 saturated heterocycles. The highest BCUT2D eigenvalue weighted by atomic mass is 16.6. The Bertz CT molecular complexity index is 627. The van der Waals surface area contributed by atoms with Crippen LogP contribution < -0.4 is 10.4 Å². The zero-order valence-corrected chi connectivity index (χ0v) is 11.7. The van der Waals surface area contributed by atoms with Gasteiger partial charge in [0.25, 0.3) is 5.69 Å². The van der Waals surface area contributed by atoms with E-state index in [0.29, 0.717) is 5.69 Å². The van der Waals surface area contributed by atoms with E-state index in [-0.39, 0.29) is 23.4 Å². The predicted octanol–water partition coefficient (Wildman–Crippen LogP) is 0.945. The number of rotatable bonds is 4. The number of nitro benzene ring substituents is 1. The molecule has 2 saturated carbocycles. The van der Waals surface area contributed by atoms with E-state index in [1.54, 1.807) is 0 Å². The van der Waals surface area contributed by atoms with Crippen molar-refractivity contribution < 1.29 is 19.6 Å². The second-order valence-corrected chi connectivity index (χ2v) is 6.00. The molecule has 1 N–H and O–H groups in total. The fourth-order valence-corrected chi connectivity index (χ4v) is 3.90. The van der Waals surface area contributed by atoms with E-state index >= 15 is 0 Å². The van der Waals surface area contributed by atoms with Gasteiger partial charge in [-0.05, 0) is 43.2 Å². The number of nitrogens with zero attached hydrogens (tertiary/aromatic N) is 1. The highest BCUT2D eigenvalue weighted by Crippen LogP contribution is 2.52. The lowest BCUT2D eigenvalue weighted by atomic mass is 9.78. The van der Waals surface area contributed by atoms with Crippen LogP contribution in [-0.2, 0) is 9.59 Å². The summed E-state index contributed by atoms with van der Waals surface area (Å²) in [6, 6.07) is 5.48. The number of hydrogen-bond acceptors (Lipinski definition) is 5. The number of anilines is 1. The highest BCUT2D eigenvalue weighted by molar-refractivity contribution is 5.95. The van der Waals surface area contributed by atoms with Crippen LogP contribution in [0.1, 0.15) is 19.3 Å². The number of carbonyl (C=O) groups excluding carboxylic acids is 2. The molecule has 1 aromatic rings. The molecule has 0 spiro atoms. The first-order valence-electron chi connectivity index (χ1n) is 7.23. The maximum absolute atomic E-state index is 12.4. The average Bonchev–Trinajstić information content (AvgIpc) is 3.08. The molecule has 4 atom stereocenters. The normalized spacial score (nSPS) is 29.3. The van der Waals surface area contributed by atoms with Crippen molar-refractivity contribution in [3.05, 3.63) is 34.4 Å². The summed E-state index contributed by atoms with van der Waals surface area (Å²) in [5.41, 5.74) is 0.362. The third-order valence-electron chi connectivity index (χ3n) is 4.84. The van der Waals surface area contributed by atoms with Gasteiger partial charge < -0.3 is 15.2 Å². The largest absolute Gasteiger partial charge is 0.550 e. The van der Waals surface area contributed by atoms with Crippen LogP contribution in [0.5, 0.6) is 0 Å². The number of nitrogens with one attached hydrogen (secondary N) is 1. The Labute approximate surface area is 126 Å². The first kappa shape index (κ1) is 14.5. The lowest BCUT2D eigenvalue weighted by molar-refractivity contribution is -0.384. The summed E-state index contributed by atoms with van der Waals surface area (Å²) < 4.78 is 0. The van der Waals surface area contributed by atoms with Crippen LogP contribution in [0.3, 0.4) is 0 Å². The summed E-state index contributed by atoms with van der Waals surface area (Å²) >= 11 is 0. The molecule has 3 rings (SSSR count). The summed E-state index contributed by atoms with van der Waals surface area (Å²) in [5, 5.41) is 24.6. The van der Waals surface area contributed by atoms with Crippen molar-refractivity contribution >= 4 is 23.3 Å². The molecule has 2 bridgehead atoms. The second-order valence-electron chi connectivity index (χ2n) is 6.00. The van der Waals surface area contributed by atoms with Crippen LogP contribution >= 0.6 is 0 Å². The van der Waals surface area contributed by atoms with Crippen molar-refractivity contribution in [3.63, 3.8) is 0 Å². The zero-order chi connectivity index (χ0) is 15.9. The highest BCUT2D eigenvalue weighted by Gasteiger charge is 2.51. The molecule has 2 aliphatic rings. The number of carbonyl (C=O) groups is 2. The fraction of sp³-hybridized carbons (Fsp3) is 0.467. The van der Waals surface area contributed by atoms with Crippen molar-refractivity contribution in [3.8, 4) is 0 Å². The number of carboxylic acids is 1. The van der Waals surface area contributed by atoms with Crippen LogP contribution in [0.4, 0.5) is 11.4 Å². The maximum atomic E-state index is 12.4. The van der Waals surface area contributed by atoms with Crippen LogP contribution in [0, 0.1) is 33.8 Å². The quantitative estimate of drug-likeness (QED) is 0.657. The van der Waals surface area contributed by atoms with E-state index in [4.69, 9.17) is 0 Å². The van der Waals surface area contributed by atoms with Crippen LogP contribution in [0.2, 0.25) is 0 Å². The summed E-state index contributed by atoms with van der Waals surface area (Å²) in [6.45, 7) is 0. The Balaban J connectivity index is 1.73. The van der Waals surface area contributed by atoms with Gasteiger partial charge in [0.15, 0.2) is 0 Å². The molecule has 22 heavy (non-hydrogen) atoms. The van der Waals surface area contributed by atoms with Gasteiger partial charge in [0.05, 0.1) is 4.92 Å². The number of fused-ring (bicyclic) bond motifs is 2. The molecule has 2 fully saturated rings. The third kappa shape index (κ3) is 2.43. The van der Waals surface area contributed by atoms with Gasteiger partial charge in [-0.2, -0.15) is 0 Å². The minimum absolute atomic E-state index is 0.0302. The average molecular weight is 303 g/mol. The predicted molar refractivity (Wildman–Crippen MR) is 74.5 cm³/mol. The summed E-state index contributed by atoms with van der Waals surface area (Å²) in [5.74, 6) is -2.67. The molecule has 0 aromatic heterocycles. The number of hydrogen-bond donors (Lipinski definition) is 1. The minimum Gasteiger partial charge on any atom is -0.550 e. The van der Waals surface area contributed by atoms with Crippen molar-refractivity contribution in [1.82, 2.24) is 0 Å². The van der Waals surface area contributed by atoms with Gasteiger partial charge in [-0.1, -0.05) is 0 Å². The lowest BCUT2D eigenvalue weighted by Gasteiger charge is -2.30. The number of benzene rings is 1. The SMILES string of the molecule is O=C(Nc1ccc([N+](=O)[O-])cc1)[C@@H]1[C@H]2CC[C@@H](C2)[C@@H]1C(=O)[O-]. The summed E-state index contributed by atoms with van der Waals surface area (Å²) in [6.07, 6.45) is 2.47. The number of non-ortho nitro benzene ring substituents is 1. The Morgan fingerprint density at radius 1 is 1.09 bits per heavy atom. The van der Waals surface area contributed by atoms with Gasteiger partial charge in [-0.15, -0.1) is 0 Å². The molecule has 0 unspecified atom stereocenters. The monoisotopic (exact) mass is 303 g/mol. The van der Waals surface area contributed by atoms with Crippen molar-refractivity contribution in [1.29, 1.82) is 0 Å². The van der Waals surface area contributed by atoms with E-state index in [1.807, 2.05) is 0 Å².